The van der Waals surface area contributed by atoms with Crippen molar-refractivity contribution in [2.75, 3.05) is 32.1 Å². The third-order valence-electron chi connectivity index (χ3n) is 4.06. The molecule has 7 heteroatoms. The van der Waals surface area contributed by atoms with Crippen LogP contribution in [0, 0.1) is 6.92 Å². The van der Waals surface area contributed by atoms with E-state index >= 15 is 0 Å². The van der Waals surface area contributed by atoms with Crippen molar-refractivity contribution in [2.45, 2.75) is 25.9 Å². The van der Waals surface area contributed by atoms with E-state index in [4.69, 9.17) is 4.74 Å². The van der Waals surface area contributed by atoms with Gasteiger partial charge in [0.1, 0.15) is 6.10 Å². The van der Waals surface area contributed by atoms with Gasteiger partial charge in [0.25, 0.3) is 0 Å². The molecule has 0 spiro atoms. The second-order valence-corrected chi connectivity index (χ2v) is 6.31. The van der Waals surface area contributed by atoms with E-state index in [1.807, 2.05) is 49.0 Å². The molecule has 7 nitrogen and oxygen atoms in total. The van der Waals surface area contributed by atoms with Crippen LogP contribution >= 0.6 is 0 Å². The molecular weight excluding hydrogens is 306 g/mol. The Labute approximate surface area is 141 Å². The van der Waals surface area contributed by atoms with Crippen LogP contribution in [0.3, 0.4) is 0 Å². The molecule has 24 heavy (non-hydrogen) atoms. The van der Waals surface area contributed by atoms with Gasteiger partial charge in [-0.15, -0.1) is 0 Å². The van der Waals surface area contributed by atoms with Gasteiger partial charge in [-0.25, -0.2) is 4.98 Å². The second-order valence-electron chi connectivity index (χ2n) is 6.31. The zero-order chi connectivity index (χ0) is 17.1. The average molecular weight is 329 g/mol. The number of aromatic nitrogens is 3. The predicted octanol–water partition coefficient (Wildman–Crippen LogP) is 1.40. The van der Waals surface area contributed by atoms with E-state index in [9.17, 15) is 4.79 Å². The number of aromatic amines is 1. The van der Waals surface area contributed by atoms with Crippen molar-refractivity contribution in [1.82, 2.24) is 20.1 Å². The summed E-state index contributed by atoms with van der Waals surface area (Å²) in [6.07, 6.45) is 2.90. The summed E-state index contributed by atoms with van der Waals surface area (Å²) >= 11 is 0. The standard InChI is InChI=1S/C17H23N5O2/c1-12-9-13(20-19-12)10-16(23)22-8-6-14(11-22)24-15-5-4-7-18-17(15)21(2)3/h4-5,7,9,14H,6,8,10-11H2,1-3H3,(H,19,20). The van der Waals surface area contributed by atoms with Crippen molar-refractivity contribution in [1.29, 1.82) is 0 Å². The van der Waals surface area contributed by atoms with Crippen LogP contribution in [0.1, 0.15) is 17.8 Å². The summed E-state index contributed by atoms with van der Waals surface area (Å²) in [6.45, 7) is 3.24. The SMILES string of the molecule is Cc1cc(CC(=O)N2CCC(Oc3cccnc3N(C)C)C2)n[nH]1. The number of ether oxygens (including phenoxy) is 1. The molecule has 1 saturated heterocycles. The van der Waals surface area contributed by atoms with E-state index < -0.39 is 0 Å². The molecule has 2 aromatic heterocycles. The van der Waals surface area contributed by atoms with Gasteiger partial charge in [0.15, 0.2) is 11.6 Å². The fourth-order valence-corrected chi connectivity index (χ4v) is 2.87. The molecular formula is C17H23N5O2. The molecule has 1 fully saturated rings. The lowest BCUT2D eigenvalue weighted by molar-refractivity contribution is -0.129. The summed E-state index contributed by atoms with van der Waals surface area (Å²) in [4.78, 5) is 20.5. The molecule has 1 atom stereocenters. The molecule has 1 N–H and O–H groups in total. The smallest absolute Gasteiger partial charge is 0.228 e. The maximum Gasteiger partial charge on any atom is 0.228 e. The van der Waals surface area contributed by atoms with Crippen LogP contribution in [0.4, 0.5) is 5.82 Å². The first-order valence-electron chi connectivity index (χ1n) is 8.10. The van der Waals surface area contributed by atoms with Crippen LogP contribution in [0.25, 0.3) is 0 Å². The minimum absolute atomic E-state index is 0.00206. The van der Waals surface area contributed by atoms with Crippen molar-refractivity contribution in [3.63, 3.8) is 0 Å². The Bertz CT molecular complexity index is 713. The fourth-order valence-electron chi connectivity index (χ4n) is 2.87. The van der Waals surface area contributed by atoms with Crippen LogP contribution < -0.4 is 9.64 Å². The van der Waals surface area contributed by atoms with E-state index in [0.29, 0.717) is 19.5 Å². The van der Waals surface area contributed by atoms with Gasteiger partial charge in [-0.1, -0.05) is 0 Å². The first kappa shape index (κ1) is 16.3. The largest absolute Gasteiger partial charge is 0.485 e. The number of pyridine rings is 1. The van der Waals surface area contributed by atoms with Crippen molar-refractivity contribution >= 4 is 11.7 Å². The van der Waals surface area contributed by atoms with Crippen LogP contribution in [-0.4, -0.2) is 59.3 Å². The molecule has 0 bridgehead atoms. The molecule has 1 aliphatic heterocycles. The third kappa shape index (κ3) is 3.67. The summed E-state index contributed by atoms with van der Waals surface area (Å²) in [6, 6.07) is 5.68. The van der Waals surface area contributed by atoms with E-state index in [2.05, 4.69) is 15.2 Å². The van der Waals surface area contributed by atoms with Crippen molar-refractivity contribution in [3.05, 3.63) is 35.8 Å². The molecule has 1 unspecified atom stereocenters. The second kappa shape index (κ2) is 6.90. The number of nitrogens with one attached hydrogen (secondary N) is 1. The highest BCUT2D eigenvalue weighted by Gasteiger charge is 2.28. The Kier molecular flexibility index (Phi) is 4.69. The zero-order valence-electron chi connectivity index (χ0n) is 14.3. The lowest BCUT2D eigenvalue weighted by Crippen LogP contribution is -2.32. The Morgan fingerprint density at radius 2 is 2.33 bits per heavy atom. The van der Waals surface area contributed by atoms with Gasteiger partial charge in [-0.2, -0.15) is 5.10 Å². The number of rotatable bonds is 5. The molecule has 0 saturated carbocycles. The Morgan fingerprint density at radius 1 is 1.50 bits per heavy atom. The van der Waals surface area contributed by atoms with Crippen molar-refractivity contribution in [2.24, 2.45) is 0 Å². The quantitative estimate of drug-likeness (QED) is 0.897. The van der Waals surface area contributed by atoms with Crippen LogP contribution in [0.2, 0.25) is 0 Å². The summed E-state index contributed by atoms with van der Waals surface area (Å²) in [5, 5.41) is 6.99. The van der Waals surface area contributed by atoms with E-state index in [0.717, 1.165) is 29.4 Å². The molecule has 128 valence electrons. The first-order valence-corrected chi connectivity index (χ1v) is 8.10. The number of aryl methyl sites for hydroxylation is 1. The highest BCUT2D eigenvalue weighted by molar-refractivity contribution is 5.78. The molecule has 3 heterocycles. The first-order chi connectivity index (χ1) is 11.5. The minimum Gasteiger partial charge on any atom is -0.485 e. The molecule has 1 amide bonds. The van der Waals surface area contributed by atoms with Crippen LogP contribution in [0.5, 0.6) is 5.75 Å². The molecule has 0 aromatic carbocycles. The maximum absolute atomic E-state index is 12.4. The predicted molar refractivity (Wildman–Crippen MR) is 91.2 cm³/mol. The minimum atomic E-state index is -0.00206. The van der Waals surface area contributed by atoms with Gasteiger partial charge in [0, 0.05) is 39.0 Å². The van der Waals surface area contributed by atoms with Crippen LogP contribution in [-0.2, 0) is 11.2 Å². The van der Waals surface area contributed by atoms with E-state index in [1.165, 1.54) is 0 Å². The average Bonchev–Trinajstić information content (AvgIpc) is 3.17. The van der Waals surface area contributed by atoms with Gasteiger partial charge in [0.2, 0.25) is 5.91 Å². The van der Waals surface area contributed by atoms with Crippen LogP contribution in [0.15, 0.2) is 24.4 Å². The number of H-pyrrole nitrogens is 1. The topological polar surface area (TPSA) is 74.4 Å². The fraction of sp³-hybridized carbons (Fsp3) is 0.471. The highest BCUT2D eigenvalue weighted by Crippen LogP contribution is 2.26. The Balaban J connectivity index is 1.58. The van der Waals surface area contributed by atoms with E-state index in [-0.39, 0.29) is 12.0 Å². The summed E-state index contributed by atoms with van der Waals surface area (Å²) in [5.74, 6) is 1.64. The number of likely N-dealkylation sites (tertiary alicyclic amines) is 1. The summed E-state index contributed by atoms with van der Waals surface area (Å²) < 4.78 is 6.08. The number of hydrogen-bond donors (Lipinski definition) is 1. The number of carbonyl (C=O) groups excluding carboxylic acids is 1. The van der Waals surface area contributed by atoms with Gasteiger partial charge < -0.3 is 14.5 Å². The Morgan fingerprint density at radius 3 is 3.04 bits per heavy atom. The lowest BCUT2D eigenvalue weighted by Gasteiger charge is -2.20. The molecule has 2 aromatic rings. The van der Waals surface area contributed by atoms with Gasteiger partial charge >= 0.3 is 0 Å². The molecule has 0 radical (unpaired) electrons. The number of amides is 1. The normalized spacial score (nSPS) is 17.1. The lowest BCUT2D eigenvalue weighted by atomic mass is 10.2. The van der Waals surface area contributed by atoms with Crippen molar-refractivity contribution < 1.29 is 9.53 Å². The van der Waals surface area contributed by atoms with E-state index in [1.54, 1.807) is 6.20 Å². The number of nitrogens with zero attached hydrogens (tertiary/aromatic N) is 4. The Hall–Kier alpha value is -2.57. The van der Waals surface area contributed by atoms with Crippen molar-refractivity contribution in [3.8, 4) is 5.75 Å². The van der Waals surface area contributed by atoms with Gasteiger partial charge in [0.05, 0.1) is 18.7 Å². The van der Waals surface area contributed by atoms with Gasteiger partial charge in [-0.3, -0.25) is 9.89 Å². The monoisotopic (exact) mass is 329 g/mol. The maximum atomic E-state index is 12.4. The summed E-state index contributed by atoms with van der Waals surface area (Å²) in [7, 11) is 3.87. The van der Waals surface area contributed by atoms with Gasteiger partial charge in [-0.05, 0) is 25.1 Å². The third-order valence-corrected chi connectivity index (χ3v) is 4.06. The number of carbonyl (C=O) groups is 1. The zero-order valence-corrected chi connectivity index (χ0v) is 14.3. The summed E-state index contributed by atoms with van der Waals surface area (Å²) in [5.41, 5.74) is 1.75. The molecule has 3 rings (SSSR count). The molecule has 0 aliphatic carbocycles. The highest BCUT2D eigenvalue weighted by atomic mass is 16.5. The number of hydrogen-bond acceptors (Lipinski definition) is 5. The molecule has 1 aliphatic rings. The number of anilines is 1.